The van der Waals surface area contributed by atoms with Crippen LogP contribution in [-0.2, 0) is 4.74 Å². The Kier molecular flexibility index (Phi) is 3.75. The molecular weight excluding hydrogens is 202 g/mol. The molecule has 0 fully saturated rings. The molecule has 16 heavy (non-hydrogen) atoms. The second-order valence-corrected chi connectivity index (χ2v) is 4.36. The van der Waals surface area contributed by atoms with Gasteiger partial charge in [-0.15, -0.1) is 0 Å². The number of nitrogens with zero attached hydrogens (tertiary/aromatic N) is 1. The largest absolute Gasteiger partial charge is 0.398 e. The van der Waals surface area contributed by atoms with Crippen molar-refractivity contribution < 1.29 is 4.74 Å². The predicted octanol–water partition coefficient (Wildman–Crippen LogP) is 1.98. The van der Waals surface area contributed by atoms with Gasteiger partial charge in [0.2, 0.25) is 0 Å². The van der Waals surface area contributed by atoms with Gasteiger partial charge in [-0.3, -0.25) is 0 Å². The van der Waals surface area contributed by atoms with Crippen molar-refractivity contribution >= 4 is 11.4 Å². The van der Waals surface area contributed by atoms with E-state index in [1.54, 1.807) is 19.2 Å². The quantitative estimate of drug-likeness (QED) is 0.759. The third-order valence-corrected chi connectivity index (χ3v) is 2.16. The normalized spacial score (nSPS) is 10.9. The Morgan fingerprint density at radius 1 is 1.50 bits per heavy atom. The molecule has 0 saturated carbocycles. The highest BCUT2D eigenvalue weighted by Crippen LogP contribution is 2.20. The number of anilines is 2. The first kappa shape index (κ1) is 12.3. The summed E-state index contributed by atoms with van der Waals surface area (Å²) in [6.45, 7) is 4.66. The van der Waals surface area contributed by atoms with Crippen molar-refractivity contribution in [2.45, 2.75) is 19.4 Å². The van der Waals surface area contributed by atoms with E-state index in [-0.39, 0.29) is 5.54 Å². The van der Waals surface area contributed by atoms with Crippen LogP contribution in [0.2, 0.25) is 0 Å². The smallest absolute Gasteiger partial charge is 0.101 e. The van der Waals surface area contributed by atoms with Crippen molar-refractivity contribution in [3.05, 3.63) is 23.8 Å². The highest BCUT2D eigenvalue weighted by Gasteiger charge is 2.17. The van der Waals surface area contributed by atoms with E-state index in [4.69, 9.17) is 15.7 Å². The number of nitriles is 1. The molecule has 1 aromatic carbocycles. The lowest BCUT2D eigenvalue weighted by molar-refractivity contribution is 0.158. The topological polar surface area (TPSA) is 71.1 Å². The van der Waals surface area contributed by atoms with Gasteiger partial charge in [0, 0.05) is 12.8 Å². The zero-order chi connectivity index (χ0) is 12.2. The van der Waals surface area contributed by atoms with Gasteiger partial charge in [-0.25, -0.2) is 0 Å². The van der Waals surface area contributed by atoms with Crippen LogP contribution in [0.4, 0.5) is 11.4 Å². The highest BCUT2D eigenvalue weighted by molar-refractivity contribution is 5.63. The van der Waals surface area contributed by atoms with Crippen molar-refractivity contribution in [1.29, 1.82) is 5.26 Å². The van der Waals surface area contributed by atoms with Crippen LogP contribution in [0, 0.1) is 11.3 Å². The van der Waals surface area contributed by atoms with Crippen molar-refractivity contribution in [2.75, 3.05) is 24.8 Å². The van der Waals surface area contributed by atoms with Crippen LogP contribution in [0.5, 0.6) is 0 Å². The fourth-order valence-corrected chi connectivity index (χ4v) is 1.53. The van der Waals surface area contributed by atoms with Crippen molar-refractivity contribution in [1.82, 2.24) is 0 Å². The summed E-state index contributed by atoms with van der Waals surface area (Å²) in [6, 6.07) is 7.34. The van der Waals surface area contributed by atoms with E-state index in [1.165, 1.54) is 0 Å². The van der Waals surface area contributed by atoms with Crippen LogP contribution < -0.4 is 11.1 Å². The molecule has 0 heterocycles. The summed E-state index contributed by atoms with van der Waals surface area (Å²) < 4.78 is 5.11. The number of hydrogen-bond acceptors (Lipinski definition) is 4. The van der Waals surface area contributed by atoms with E-state index < -0.39 is 0 Å². The van der Waals surface area contributed by atoms with Crippen LogP contribution in [0.1, 0.15) is 19.4 Å². The standard InChI is InChI=1S/C12H17N3O/c1-12(2,8-16-3)15-10-5-4-9(7-13)11(14)6-10/h4-6,15H,8,14H2,1-3H3. The van der Waals surface area contributed by atoms with Gasteiger partial charge >= 0.3 is 0 Å². The van der Waals surface area contributed by atoms with Crippen LogP contribution >= 0.6 is 0 Å². The van der Waals surface area contributed by atoms with Gasteiger partial charge in [0.1, 0.15) is 6.07 Å². The van der Waals surface area contributed by atoms with Crippen LogP contribution in [0.3, 0.4) is 0 Å². The van der Waals surface area contributed by atoms with E-state index in [0.29, 0.717) is 17.9 Å². The monoisotopic (exact) mass is 219 g/mol. The molecule has 0 unspecified atom stereocenters. The number of ether oxygens (including phenoxy) is 1. The molecule has 0 amide bonds. The number of nitrogen functional groups attached to an aromatic ring is 1. The first-order valence-corrected chi connectivity index (χ1v) is 5.05. The Bertz CT molecular complexity index is 407. The molecule has 4 heteroatoms. The summed E-state index contributed by atoms with van der Waals surface area (Å²) in [4.78, 5) is 0. The molecule has 0 atom stereocenters. The third kappa shape index (κ3) is 3.14. The molecule has 0 aromatic heterocycles. The molecule has 3 N–H and O–H groups in total. The second-order valence-electron chi connectivity index (χ2n) is 4.36. The van der Waals surface area contributed by atoms with E-state index in [0.717, 1.165) is 5.69 Å². The predicted molar refractivity (Wildman–Crippen MR) is 65.1 cm³/mol. The first-order valence-electron chi connectivity index (χ1n) is 5.05. The van der Waals surface area contributed by atoms with E-state index in [2.05, 4.69) is 5.32 Å². The van der Waals surface area contributed by atoms with Crippen molar-refractivity contribution in [3.63, 3.8) is 0 Å². The lowest BCUT2D eigenvalue weighted by Crippen LogP contribution is -2.35. The minimum atomic E-state index is -0.171. The van der Waals surface area contributed by atoms with Gasteiger partial charge in [-0.1, -0.05) is 0 Å². The fraction of sp³-hybridized carbons (Fsp3) is 0.417. The molecule has 1 aromatic rings. The van der Waals surface area contributed by atoms with E-state index in [9.17, 15) is 0 Å². The highest BCUT2D eigenvalue weighted by atomic mass is 16.5. The second kappa shape index (κ2) is 4.86. The number of nitrogens with one attached hydrogen (secondary N) is 1. The summed E-state index contributed by atoms with van der Waals surface area (Å²) >= 11 is 0. The first-order chi connectivity index (χ1) is 7.48. The van der Waals surface area contributed by atoms with Crippen molar-refractivity contribution in [2.24, 2.45) is 0 Å². The number of hydrogen-bond donors (Lipinski definition) is 2. The molecule has 86 valence electrons. The van der Waals surface area contributed by atoms with Crippen molar-refractivity contribution in [3.8, 4) is 6.07 Å². The molecule has 0 bridgehead atoms. The molecule has 0 aliphatic carbocycles. The molecule has 0 spiro atoms. The lowest BCUT2D eigenvalue weighted by Gasteiger charge is -2.26. The van der Waals surface area contributed by atoms with E-state index in [1.807, 2.05) is 26.0 Å². The zero-order valence-corrected chi connectivity index (χ0v) is 9.87. The number of rotatable bonds is 4. The maximum Gasteiger partial charge on any atom is 0.101 e. The maximum absolute atomic E-state index is 8.76. The average Bonchev–Trinajstić information content (AvgIpc) is 2.17. The average molecular weight is 219 g/mol. The summed E-state index contributed by atoms with van der Waals surface area (Å²) in [5.74, 6) is 0. The van der Waals surface area contributed by atoms with Gasteiger partial charge in [0.15, 0.2) is 0 Å². The molecule has 0 saturated heterocycles. The summed E-state index contributed by atoms with van der Waals surface area (Å²) in [5, 5.41) is 12.1. The number of methoxy groups -OCH3 is 1. The van der Waals surface area contributed by atoms with Crippen LogP contribution in [0.15, 0.2) is 18.2 Å². The number of nitrogens with two attached hydrogens (primary N) is 1. The zero-order valence-electron chi connectivity index (χ0n) is 9.87. The van der Waals surface area contributed by atoms with Gasteiger partial charge in [-0.05, 0) is 32.0 Å². The maximum atomic E-state index is 8.76. The minimum absolute atomic E-state index is 0.171. The van der Waals surface area contributed by atoms with Gasteiger partial charge in [0.25, 0.3) is 0 Å². The van der Waals surface area contributed by atoms with Gasteiger partial charge < -0.3 is 15.8 Å². The Balaban J connectivity index is 2.84. The Labute approximate surface area is 96.0 Å². The van der Waals surface area contributed by atoms with Crippen LogP contribution in [0.25, 0.3) is 0 Å². The number of benzene rings is 1. The lowest BCUT2D eigenvalue weighted by atomic mass is 10.1. The fourth-order valence-electron chi connectivity index (χ4n) is 1.53. The summed E-state index contributed by atoms with van der Waals surface area (Å²) in [7, 11) is 1.66. The molecule has 0 radical (unpaired) electrons. The van der Waals surface area contributed by atoms with Gasteiger partial charge in [0.05, 0.1) is 23.4 Å². The summed E-state index contributed by atoms with van der Waals surface area (Å²) in [5.41, 5.74) is 7.43. The van der Waals surface area contributed by atoms with Gasteiger partial charge in [-0.2, -0.15) is 5.26 Å². The molecule has 4 nitrogen and oxygen atoms in total. The summed E-state index contributed by atoms with van der Waals surface area (Å²) in [6.07, 6.45) is 0. The Morgan fingerprint density at radius 2 is 2.19 bits per heavy atom. The third-order valence-electron chi connectivity index (χ3n) is 2.16. The Morgan fingerprint density at radius 3 is 2.69 bits per heavy atom. The SMILES string of the molecule is COCC(C)(C)Nc1ccc(C#N)c(N)c1. The molecule has 1 rings (SSSR count). The Hall–Kier alpha value is -1.73. The molecular formula is C12H17N3O. The molecule has 0 aliphatic rings. The van der Waals surface area contributed by atoms with Crippen LogP contribution in [-0.4, -0.2) is 19.3 Å². The molecule has 0 aliphatic heterocycles. The van der Waals surface area contributed by atoms with E-state index >= 15 is 0 Å². The minimum Gasteiger partial charge on any atom is -0.398 e.